The molecular formula is C29H31F3N4O6S. The van der Waals surface area contributed by atoms with Gasteiger partial charge in [-0.1, -0.05) is 55.3 Å². The first-order valence-electron chi connectivity index (χ1n) is 12.8. The smallest absolute Gasteiger partial charge is 0.480 e. The fraction of sp³-hybridized carbons (Fsp3) is 0.241. The zero-order valence-electron chi connectivity index (χ0n) is 23.1. The van der Waals surface area contributed by atoms with E-state index < -0.39 is 24.7 Å². The number of anilines is 2. The maximum Gasteiger partial charge on any atom is 0.490 e. The summed E-state index contributed by atoms with van der Waals surface area (Å²) >= 11 is 1.78. The Morgan fingerprint density at radius 2 is 1.60 bits per heavy atom. The van der Waals surface area contributed by atoms with Crippen molar-refractivity contribution >= 4 is 47.1 Å². The Morgan fingerprint density at radius 3 is 2.14 bits per heavy atom. The van der Waals surface area contributed by atoms with E-state index in [1.165, 1.54) is 10.5 Å². The lowest BCUT2D eigenvalue weighted by atomic mass is 10.1. The number of amides is 2. The highest BCUT2D eigenvalue weighted by Crippen LogP contribution is 2.33. The number of para-hydroxylation sites is 1. The number of carboxylic acid groups (broad SMARTS) is 2. The van der Waals surface area contributed by atoms with E-state index in [9.17, 15) is 27.6 Å². The van der Waals surface area contributed by atoms with Crippen LogP contribution in [0.5, 0.6) is 0 Å². The number of benzene rings is 3. The van der Waals surface area contributed by atoms with E-state index in [1.54, 1.807) is 60.5 Å². The standard InChI is InChI=1S/C16H16N2O3.C11H14N2OS.C2HF3O2/c17-10-12-5-4-6-13(9-12)16(21)18(11-15(19)20)14-7-2-1-3-8-14;1-2-15-13-6-5-8-3-4-9(11(12)14)7-10(8)13;3-2(4,5)1(6)7/h1-9H,10-11,17H2,(H,19,20);3-4,7H,2,5-6H2,1H3,(H2,12,14);(H,6,7). The first-order chi connectivity index (χ1) is 20.3. The minimum atomic E-state index is -5.08. The first-order valence-corrected chi connectivity index (χ1v) is 13.7. The van der Waals surface area contributed by atoms with Crippen LogP contribution in [0.2, 0.25) is 0 Å². The van der Waals surface area contributed by atoms with E-state index in [2.05, 4.69) is 11.2 Å². The quantitative estimate of drug-likeness (QED) is 0.268. The van der Waals surface area contributed by atoms with Gasteiger partial charge in [-0.15, -0.1) is 0 Å². The average molecular weight is 621 g/mol. The molecule has 0 spiro atoms. The van der Waals surface area contributed by atoms with Crippen molar-refractivity contribution in [1.82, 2.24) is 0 Å². The summed E-state index contributed by atoms with van der Waals surface area (Å²) in [5, 5.41) is 16.2. The Kier molecular flexibility index (Phi) is 13.0. The van der Waals surface area contributed by atoms with E-state index in [4.69, 9.17) is 26.5 Å². The first kappa shape index (κ1) is 34.6. The minimum Gasteiger partial charge on any atom is -0.480 e. The third-order valence-electron chi connectivity index (χ3n) is 5.77. The monoisotopic (exact) mass is 620 g/mol. The van der Waals surface area contributed by atoms with E-state index in [0.717, 1.165) is 30.0 Å². The fourth-order valence-electron chi connectivity index (χ4n) is 3.80. The van der Waals surface area contributed by atoms with E-state index in [1.807, 2.05) is 24.3 Å². The number of hydrogen-bond donors (Lipinski definition) is 4. The number of primary amides is 1. The molecule has 1 aliphatic rings. The molecule has 0 aromatic heterocycles. The van der Waals surface area contributed by atoms with Gasteiger partial charge in [0.2, 0.25) is 5.91 Å². The molecule has 0 aliphatic carbocycles. The highest BCUT2D eigenvalue weighted by Gasteiger charge is 2.38. The van der Waals surface area contributed by atoms with Crippen molar-refractivity contribution in [3.63, 3.8) is 0 Å². The Morgan fingerprint density at radius 1 is 0.953 bits per heavy atom. The summed E-state index contributed by atoms with van der Waals surface area (Å²) in [4.78, 5) is 44.8. The normalized spacial score (nSPS) is 11.7. The molecule has 2 amide bonds. The highest BCUT2D eigenvalue weighted by molar-refractivity contribution is 8.00. The van der Waals surface area contributed by atoms with E-state index in [0.29, 0.717) is 23.4 Å². The number of alkyl halides is 3. The third-order valence-corrected chi connectivity index (χ3v) is 6.72. The molecular weight excluding hydrogens is 589 g/mol. The second kappa shape index (κ2) is 16.2. The number of carboxylic acids is 2. The lowest BCUT2D eigenvalue weighted by Gasteiger charge is -2.21. The van der Waals surface area contributed by atoms with Gasteiger partial charge in [0.25, 0.3) is 5.91 Å². The Hall–Kier alpha value is -4.56. The molecule has 1 heterocycles. The molecule has 4 rings (SSSR count). The molecule has 43 heavy (non-hydrogen) atoms. The van der Waals surface area contributed by atoms with Crippen LogP contribution in [0.1, 0.15) is 38.8 Å². The molecule has 3 aromatic rings. The van der Waals surface area contributed by atoms with Crippen LogP contribution in [0.4, 0.5) is 24.5 Å². The molecule has 0 saturated heterocycles. The van der Waals surface area contributed by atoms with Gasteiger partial charge < -0.3 is 26.0 Å². The fourth-order valence-corrected chi connectivity index (χ4v) is 4.64. The van der Waals surface area contributed by atoms with E-state index >= 15 is 0 Å². The van der Waals surface area contributed by atoms with Crippen LogP contribution < -0.4 is 20.7 Å². The van der Waals surface area contributed by atoms with Crippen molar-refractivity contribution in [2.45, 2.75) is 26.1 Å². The van der Waals surface area contributed by atoms with Crippen LogP contribution >= 0.6 is 11.9 Å². The van der Waals surface area contributed by atoms with Gasteiger partial charge in [-0.2, -0.15) is 13.2 Å². The van der Waals surface area contributed by atoms with Crippen LogP contribution in [-0.2, 0) is 22.6 Å². The Balaban J connectivity index is 0.000000255. The summed E-state index contributed by atoms with van der Waals surface area (Å²) in [6, 6.07) is 21.3. The van der Waals surface area contributed by atoms with Crippen LogP contribution in [0.25, 0.3) is 0 Å². The maximum absolute atomic E-state index is 12.6. The summed E-state index contributed by atoms with van der Waals surface area (Å²) < 4.78 is 34.0. The molecule has 230 valence electrons. The predicted molar refractivity (Wildman–Crippen MR) is 158 cm³/mol. The third kappa shape index (κ3) is 10.7. The van der Waals surface area contributed by atoms with Gasteiger partial charge in [0, 0.05) is 35.7 Å². The molecule has 1 aliphatic heterocycles. The van der Waals surface area contributed by atoms with Crippen LogP contribution in [-0.4, -0.2) is 59.0 Å². The van der Waals surface area contributed by atoms with Gasteiger partial charge in [-0.05, 0) is 53.9 Å². The number of rotatable bonds is 8. The van der Waals surface area contributed by atoms with Crippen LogP contribution in [0.3, 0.4) is 0 Å². The van der Waals surface area contributed by atoms with Crippen molar-refractivity contribution in [3.8, 4) is 0 Å². The summed E-state index contributed by atoms with van der Waals surface area (Å²) in [6.07, 6.45) is -4.03. The van der Waals surface area contributed by atoms with Crippen LogP contribution in [0, 0.1) is 0 Å². The molecule has 0 fully saturated rings. The molecule has 0 radical (unpaired) electrons. The molecule has 0 unspecified atom stereocenters. The number of carbonyl (C=O) groups is 4. The second-order valence-electron chi connectivity index (χ2n) is 8.81. The summed E-state index contributed by atoms with van der Waals surface area (Å²) in [5.41, 5.74) is 15.7. The van der Waals surface area contributed by atoms with E-state index in [-0.39, 0.29) is 11.8 Å². The van der Waals surface area contributed by atoms with Crippen molar-refractivity contribution in [1.29, 1.82) is 0 Å². The highest BCUT2D eigenvalue weighted by atomic mass is 32.2. The number of fused-ring (bicyclic) bond motifs is 1. The summed E-state index contributed by atoms with van der Waals surface area (Å²) in [5.74, 6) is -3.50. The van der Waals surface area contributed by atoms with Gasteiger partial charge >= 0.3 is 18.1 Å². The molecule has 6 N–H and O–H groups in total. The van der Waals surface area contributed by atoms with Gasteiger partial charge in [-0.25, -0.2) is 4.79 Å². The topological polar surface area (TPSA) is 167 Å². The molecule has 10 nitrogen and oxygen atoms in total. The number of aliphatic carboxylic acids is 2. The largest absolute Gasteiger partial charge is 0.490 e. The Labute approximate surface area is 250 Å². The zero-order valence-corrected chi connectivity index (χ0v) is 23.9. The van der Waals surface area contributed by atoms with Crippen molar-refractivity contribution in [2.24, 2.45) is 11.5 Å². The number of nitrogens with zero attached hydrogens (tertiary/aromatic N) is 2. The molecule has 14 heteroatoms. The number of hydrogen-bond acceptors (Lipinski definition) is 7. The van der Waals surface area contributed by atoms with Crippen molar-refractivity contribution in [3.05, 3.63) is 95.1 Å². The predicted octanol–water partition coefficient (Wildman–Crippen LogP) is 4.33. The number of halogens is 3. The maximum atomic E-state index is 12.6. The molecule has 3 aromatic carbocycles. The Bertz CT molecular complexity index is 1420. The molecule has 0 atom stereocenters. The van der Waals surface area contributed by atoms with Gasteiger partial charge in [0.05, 0.1) is 5.69 Å². The van der Waals surface area contributed by atoms with Crippen LogP contribution in [0.15, 0.2) is 72.8 Å². The SMILES string of the molecule is CCSN1CCc2ccc(C(N)=O)cc21.NCc1cccc(C(=O)N(CC(=O)O)c2ccccc2)c1.O=C(O)C(F)(F)F. The van der Waals surface area contributed by atoms with Crippen molar-refractivity contribution in [2.75, 3.05) is 28.0 Å². The van der Waals surface area contributed by atoms with Gasteiger partial charge in [-0.3, -0.25) is 19.3 Å². The zero-order chi connectivity index (χ0) is 32.2. The summed E-state index contributed by atoms with van der Waals surface area (Å²) in [7, 11) is 0. The van der Waals surface area contributed by atoms with Gasteiger partial charge in [0.1, 0.15) is 6.54 Å². The molecule has 0 bridgehead atoms. The second-order valence-corrected chi connectivity index (χ2v) is 10.1. The molecule has 0 saturated carbocycles. The lowest BCUT2D eigenvalue weighted by molar-refractivity contribution is -0.192. The number of carbonyl (C=O) groups excluding carboxylic acids is 2. The average Bonchev–Trinajstić information content (AvgIpc) is 3.38. The summed E-state index contributed by atoms with van der Waals surface area (Å²) in [6.45, 7) is 3.08. The van der Waals surface area contributed by atoms with Gasteiger partial charge in [0.15, 0.2) is 0 Å². The number of nitrogens with two attached hydrogens (primary N) is 2. The minimum absolute atomic E-state index is 0.325. The van der Waals surface area contributed by atoms with Crippen molar-refractivity contribution < 1.29 is 42.6 Å². The lowest BCUT2D eigenvalue weighted by Crippen LogP contribution is -2.35.